The summed E-state index contributed by atoms with van der Waals surface area (Å²) < 4.78 is 26.3. The van der Waals surface area contributed by atoms with E-state index in [0.717, 1.165) is 47.7 Å². The van der Waals surface area contributed by atoms with Crippen molar-refractivity contribution < 1.29 is 13.6 Å². The average Bonchev–Trinajstić information content (AvgIpc) is 3.23. The topological polar surface area (TPSA) is 92.7 Å². The van der Waals surface area contributed by atoms with Crippen molar-refractivity contribution in [2.75, 3.05) is 24.0 Å². The molecule has 0 unspecified atom stereocenters. The molecular formula is C21H24F2N6OS. The van der Waals surface area contributed by atoms with Gasteiger partial charge in [-0.2, -0.15) is 4.98 Å². The molecule has 0 radical (unpaired) electrons. The number of carbonyl (C=O) groups excluding carboxylic acids is 1. The Balaban J connectivity index is 1.70. The zero-order valence-corrected chi connectivity index (χ0v) is 18.0. The maximum Gasteiger partial charge on any atom is 0.231 e. The van der Waals surface area contributed by atoms with E-state index in [0.29, 0.717) is 10.9 Å². The molecule has 31 heavy (non-hydrogen) atoms. The van der Waals surface area contributed by atoms with Crippen LogP contribution in [0.25, 0.3) is 21.5 Å². The van der Waals surface area contributed by atoms with Gasteiger partial charge in [0.15, 0.2) is 0 Å². The van der Waals surface area contributed by atoms with Crippen LogP contribution in [0, 0.1) is 12.8 Å². The van der Waals surface area contributed by atoms with Crippen LogP contribution in [-0.2, 0) is 4.79 Å². The molecule has 0 saturated heterocycles. The summed E-state index contributed by atoms with van der Waals surface area (Å²) in [6.45, 7) is 0.112. The fourth-order valence-electron chi connectivity index (χ4n) is 3.73. The van der Waals surface area contributed by atoms with E-state index in [-0.39, 0.29) is 23.6 Å². The lowest BCUT2D eigenvalue weighted by Gasteiger charge is -2.21. The Kier molecular flexibility index (Phi) is 6.64. The smallest absolute Gasteiger partial charge is 0.231 e. The van der Waals surface area contributed by atoms with Crippen molar-refractivity contribution in [1.82, 2.24) is 20.2 Å². The van der Waals surface area contributed by atoms with Gasteiger partial charge in [0, 0.05) is 16.9 Å². The number of alkyl halides is 2. The second-order valence-corrected chi connectivity index (χ2v) is 8.91. The van der Waals surface area contributed by atoms with Crippen LogP contribution in [-0.4, -0.2) is 45.5 Å². The lowest BCUT2D eigenvalue weighted by molar-refractivity contribution is -0.120. The van der Waals surface area contributed by atoms with E-state index in [4.69, 9.17) is 0 Å². The van der Waals surface area contributed by atoms with E-state index in [1.165, 1.54) is 11.3 Å². The van der Waals surface area contributed by atoms with Gasteiger partial charge in [-0.25, -0.2) is 13.8 Å². The maximum absolute atomic E-state index is 13.2. The summed E-state index contributed by atoms with van der Waals surface area (Å²) in [6.07, 6.45) is 4.89. The molecule has 1 aliphatic rings. The molecule has 1 aromatic carbocycles. The molecule has 4 rings (SSSR count). The van der Waals surface area contributed by atoms with Gasteiger partial charge in [-0.15, -0.1) is 10.2 Å². The molecule has 0 aliphatic heterocycles. The summed E-state index contributed by atoms with van der Waals surface area (Å²) in [5.41, 5.74) is 1.36. The van der Waals surface area contributed by atoms with Crippen LogP contribution >= 0.6 is 11.3 Å². The summed E-state index contributed by atoms with van der Waals surface area (Å²) in [4.78, 5) is 21.6. The monoisotopic (exact) mass is 446 g/mol. The third kappa shape index (κ3) is 4.95. The van der Waals surface area contributed by atoms with E-state index in [2.05, 4.69) is 30.8 Å². The minimum Gasteiger partial charge on any atom is -0.361 e. The lowest BCUT2D eigenvalue weighted by Crippen LogP contribution is -2.27. The van der Waals surface area contributed by atoms with Crippen molar-refractivity contribution in [1.29, 1.82) is 0 Å². The first-order valence-corrected chi connectivity index (χ1v) is 11.2. The number of rotatable bonds is 7. The first-order chi connectivity index (χ1) is 15.1. The first-order valence-electron chi connectivity index (χ1n) is 10.4. The van der Waals surface area contributed by atoms with Gasteiger partial charge >= 0.3 is 0 Å². The highest BCUT2D eigenvalue weighted by atomic mass is 32.1. The number of hydrogen-bond donors (Lipinski definition) is 2. The van der Waals surface area contributed by atoms with Crippen molar-refractivity contribution >= 4 is 39.9 Å². The second kappa shape index (κ2) is 9.59. The molecule has 2 N–H and O–H groups in total. The maximum atomic E-state index is 13.2. The summed E-state index contributed by atoms with van der Waals surface area (Å²) in [5.74, 6) is 0.217. The van der Waals surface area contributed by atoms with Crippen molar-refractivity contribution in [3.63, 3.8) is 0 Å². The van der Waals surface area contributed by atoms with Crippen LogP contribution in [0.1, 0.15) is 37.1 Å². The van der Waals surface area contributed by atoms with Gasteiger partial charge in [-0.1, -0.05) is 36.7 Å². The molecular weight excluding hydrogens is 422 g/mol. The van der Waals surface area contributed by atoms with Crippen LogP contribution in [0.2, 0.25) is 0 Å². The van der Waals surface area contributed by atoms with Crippen LogP contribution in [0.3, 0.4) is 0 Å². The predicted octanol–water partition coefficient (Wildman–Crippen LogP) is 4.70. The molecule has 2 aromatic heterocycles. The number of halogens is 2. The molecule has 1 amide bonds. The van der Waals surface area contributed by atoms with Crippen molar-refractivity contribution in [2.24, 2.45) is 5.92 Å². The Hall–Kier alpha value is -2.75. The van der Waals surface area contributed by atoms with Gasteiger partial charge < -0.3 is 5.32 Å². The van der Waals surface area contributed by atoms with Gasteiger partial charge in [0.05, 0.1) is 11.6 Å². The van der Waals surface area contributed by atoms with Crippen molar-refractivity contribution in [3.8, 4) is 10.6 Å². The van der Waals surface area contributed by atoms with E-state index < -0.39 is 19.4 Å². The molecule has 2 heterocycles. The zero-order chi connectivity index (χ0) is 21.8. The molecule has 1 fully saturated rings. The highest BCUT2D eigenvalue weighted by Gasteiger charge is 2.23. The molecule has 1 saturated carbocycles. The Bertz CT molecular complexity index is 1070. The lowest BCUT2D eigenvalue weighted by atomic mass is 9.89. The van der Waals surface area contributed by atoms with E-state index >= 15 is 0 Å². The number of benzene rings is 1. The summed E-state index contributed by atoms with van der Waals surface area (Å²) in [6, 6.07) is 4.42. The largest absolute Gasteiger partial charge is 0.361 e. The first kappa shape index (κ1) is 21.5. The van der Waals surface area contributed by atoms with Gasteiger partial charge in [0.2, 0.25) is 11.9 Å². The van der Waals surface area contributed by atoms with Crippen molar-refractivity contribution in [3.05, 3.63) is 23.2 Å². The molecule has 1 aliphatic carbocycles. The van der Waals surface area contributed by atoms with E-state index in [9.17, 15) is 13.6 Å². The number of aryl methyl sites for hydroxylation is 1. The van der Waals surface area contributed by atoms with E-state index in [1.807, 2.05) is 19.1 Å². The van der Waals surface area contributed by atoms with E-state index in [1.54, 1.807) is 6.07 Å². The Labute approximate surface area is 182 Å². The normalized spacial score (nSPS) is 14.8. The second-order valence-electron chi connectivity index (χ2n) is 7.73. The molecule has 0 bridgehead atoms. The molecule has 0 spiro atoms. The summed E-state index contributed by atoms with van der Waals surface area (Å²) >= 11 is 1.45. The van der Waals surface area contributed by atoms with Crippen LogP contribution in [0.4, 0.5) is 20.5 Å². The average molecular weight is 447 g/mol. The van der Waals surface area contributed by atoms with Crippen LogP contribution < -0.4 is 10.6 Å². The number of hydrogen-bond acceptors (Lipinski definition) is 7. The van der Waals surface area contributed by atoms with Crippen LogP contribution in [0.15, 0.2) is 18.2 Å². The Morgan fingerprint density at radius 3 is 2.61 bits per heavy atom. The zero-order valence-electron chi connectivity index (χ0n) is 17.2. The third-order valence-corrected chi connectivity index (χ3v) is 6.28. The minimum atomic E-state index is -1.02. The van der Waals surface area contributed by atoms with Crippen molar-refractivity contribution in [2.45, 2.75) is 45.1 Å². The number of aromatic nitrogens is 4. The highest BCUT2D eigenvalue weighted by molar-refractivity contribution is 7.14. The molecule has 7 nitrogen and oxygen atoms in total. The quantitative estimate of drug-likeness (QED) is 0.547. The van der Waals surface area contributed by atoms with Gasteiger partial charge in [0.1, 0.15) is 29.2 Å². The SMILES string of the molecule is Cc1nnc(-c2ccc3c(NC(CF)CF)nc(NC(=O)C4CCCCC4)nc3c2)s1. The summed E-state index contributed by atoms with van der Waals surface area (Å²) in [5, 5.41) is 16.0. The number of fused-ring (bicyclic) bond motifs is 1. The van der Waals surface area contributed by atoms with Crippen LogP contribution in [0.5, 0.6) is 0 Å². The summed E-state index contributed by atoms with van der Waals surface area (Å²) in [7, 11) is 0. The third-order valence-electron chi connectivity index (χ3n) is 5.39. The number of nitrogens with zero attached hydrogens (tertiary/aromatic N) is 4. The highest BCUT2D eigenvalue weighted by Crippen LogP contribution is 2.30. The molecule has 3 aromatic rings. The fourth-order valence-corrected chi connectivity index (χ4v) is 4.42. The van der Waals surface area contributed by atoms with Gasteiger partial charge in [-0.05, 0) is 31.9 Å². The van der Waals surface area contributed by atoms with Gasteiger partial charge in [0.25, 0.3) is 0 Å². The number of nitrogens with one attached hydrogen (secondary N) is 2. The standard InChI is InChI=1S/C21H24F2N6OS/c1-12-28-29-20(31-12)14-7-8-16-17(9-14)25-21(26-18(16)24-15(10-22)11-23)27-19(30)13-5-3-2-4-6-13/h7-9,13,15H,2-6,10-11H2,1H3,(H2,24,25,26,27,30). The Morgan fingerprint density at radius 1 is 1.16 bits per heavy atom. The van der Waals surface area contributed by atoms with Gasteiger partial charge in [-0.3, -0.25) is 10.1 Å². The minimum absolute atomic E-state index is 0.0652. The number of carbonyl (C=O) groups is 1. The fraction of sp³-hybridized carbons (Fsp3) is 0.476. The number of anilines is 2. The predicted molar refractivity (Wildman–Crippen MR) is 118 cm³/mol. The number of amides is 1. The molecule has 10 heteroatoms. The molecule has 0 atom stereocenters. The Morgan fingerprint density at radius 2 is 1.94 bits per heavy atom. The molecule has 164 valence electrons.